The van der Waals surface area contributed by atoms with Crippen LogP contribution < -0.4 is 10.2 Å². The number of anilines is 1. The molecule has 1 aliphatic rings. The lowest BCUT2D eigenvalue weighted by atomic mass is 10.1. The van der Waals surface area contributed by atoms with Crippen molar-refractivity contribution in [1.82, 2.24) is 20.1 Å². The van der Waals surface area contributed by atoms with Crippen LogP contribution in [-0.4, -0.2) is 38.7 Å². The fourth-order valence-corrected chi connectivity index (χ4v) is 3.33. The SMILES string of the molecule is Cc1nn(CC(=O)NCc2ccc(N3CCCCC3)nc2)c(C)c1[N+](=O)[O-]. The summed E-state index contributed by atoms with van der Waals surface area (Å²) in [7, 11) is 0. The van der Waals surface area contributed by atoms with Gasteiger partial charge in [0.05, 0.1) is 4.92 Å². The third-order valence-corrected chi connectivity index (χ3v) is 4.80. The molecule has 9 heteroatoms. The van der Waals surface area contributed by atoms with Crippen molar-refractivity contribution in [2.75, 3.05) is 18.0 Å². The molecule has 0 radical (unpaired) electrons. The minimum atomic E-state index is -0.471. The van der Waals surface area contributed by atoms with Crippen LogP contribution >= 0.6 is 0 Å². The number of nitrogens with zero attached hydrogens (tertiary/aromatic N) is 5. The largest absolute Gasteiger partial charge is 0.357 e. The third kappa shape index (κ3) is 4.42. The Hall–Kier alpha value is -2.97. The van der Waals surface area contributed by atoms with Crippen LogP contribution in [-0.2, 0) is 17.9 Å². The van der Waals surface area contributed by atoms with E-state index in [9.17, 15) is 14.9 Å². The lowest BCUT2D eigenvalue weighted by Crippen LogP contribution is -2.30. The maximum absolute atomic E-state index is 12.2. The van der Waals surface area contributed by atoms with Crippen LogP contribution in [0.15, 0.2) is 18.3 Å². The van der Waals surface area contributed by atoms with E-state index >= 15 is 0 Å². The van der Waals surface area contributed by atoms with Crippen molar-refractivity contribution in [3.8, 4) is 0 Å². The van der Waals surface area contributed by atoms with E-state index in [-0.39, 0.29) is 18.1 Å². The highest BCUT2D eigenvalue weighted by atomic mass is 16.6. The van der Waals surface area contributed by atoms with Gasteiger partial charge in [0.25, 0.3) is 0 Å². The van der Waals surface area contributed by atoms with Crippen LogP contribution in [0.3, 0.4) is 0 Å². The average molecular weight is 372 g/mol. The number of hydrogen-bond donors (Lipinski definition) is 1. The summed E-state index contributed by atoms with van der Waals surface area (Å²) in [5, 5.41) is 17.9. The third-order valence-electron chi connectivity index (χ3n) is 4.80. The molecule has 27 heavy (non-hydrogen) atoms. The predicted molar refractivity (Wildman–Crippen MR) is 101 cm³/mol. The van der Waals surface area contributed by atoms with Crippen molar-refractivity contribution in [2.45, 2.75) is 46.2 Å². The molecule has 0 aromatic carbocycles. The number of aryl methyl sites for hydroxylation is 1. The highest BCUT2D eigenvalue weighted by Crippen LogP contribution is 2.21. The summed E-state index contributed by atoms with van der Waals surface area (Å²) in [6.07, 6.45) is 5.45. The molecular weight excluding hydrogens is 348 g/mol. The predicted octanol–water partition coefficient (Wildman–Crippen LogP) is 2.11. The van der Waals surface area contributed by atoms with Gasteiger partial charge in [-0.3, -0.25) is 19.6 Å². The van der Waals surface area contributed by atoms with Crippen LogP contribution in [0.1, 0.15) is 36.2 Å². The van der Waals surface area contributed by atoms with Crippen molar-refractivity contribution in [3.63, 3.8) is 0 Å². The topological polar surface area (TPSA) is 106 Å². The molecule has 2 aromatic heterocycles. The molecule has 1 saturated heterocycles. The number of amides is 1. The molecule has 0 bridgehead atoms. The standard InChI is InChI=1S/C18H24N6O3/c1-13-18(24(26)27)14(2)23(21-13)12-17(25)20-11-15-6-7-16(19-10-15)22-8-4-3-5-9-22/h6-7,10H,3-5,8-9,11-12H2,1-2H3,(H,20,25). The summed E-state index contributed by atoms with van der Waals surface area (Å²) in [6.45, 7) is 5.53. The normalized spacial score (nSPS) is 14.2. The van der Waals surface area contributed by atoms with E-state index in [0.717, 1.165) is 24.5 Å². The Kier molecular flexibility index (Phi) is 5.68. The lowest BCUT2D eigenvalue weighted by Gasteiger charge is -2.27. The maximum atomic E-state index is 12.2. The maximum Gasteiger partial charge on any atom is 0.312 e. The molecule has 1 aliphatic heterocycles. The van der Waals surface area contributed by atoms with Gasteiger partial charge in [0.15, 0.2) is 0 Å². The van der Waals surface area contributed by atoms with Crippen molar-refractivity contribution in [2.24, 2.45) is 0 Å². The first-order valence-electron chi connectivity index (χ1n) is 9.10. The second kappa shape index (κ2) is 8.15. The second-order valence-electron chi connectivity index (χ2n) is 6.78. The quantitative estimate of drug-likeness (QED) is 0.615. The zero-order chi connectivity index (χ0) is 19.4. The molecule has 1 amide bonds. The molecule has 0 aliphatic carbocycles. The van der Waals surface area contributed by atoms with Gasteiger partial charge in [-0.15, -0.1) is 0 Å². The number of nitro groups is 1. The highest BCUT2D eigenvalue weighted by Gasteiger charge is 2.22. The van der Waals surface area contributed by atoms with E-state index in [1.165, 1.54) is 23.9 Å². The number of piperidine rings is 1. The average Bonchev–Trinajstić information content (AvgIpc) is 2.94. The first kappa shape index (κ1) is 18.8. The molecule has 2 aromatic rings. The molecule has 3 rings (SSSR count). The summed E-state index contributed by atoms with van der Waals surface area (Å²) in [6, 6.07) is 3.95. The van der Waals surface area contributed by atoms with Gasteiger partial charge in [0.1, 0.15) is 23.8 Å². The van der Waals surface area contributed by atoms with E-state index in [1.54, 1.807) is 20.0 Å². The van der Waals surface area contributed by atoms with Crippen LogP contribution in [0.2, 0.25) is 0 Å². The van der Waals surface area contributed by atoms with Gasteiger partial charge in [0.2, 0.25) is 5.91 Å². The number of rotatable bonds is 6. The van der Waals surface area contributed by atoms with Crippen molar-refractivity contribution in [3.05, 3.63) is 45.4 Å². The van der Waals surface area contributed by atoms with Crippen LogP contribution in [0, 0.1) is 24.0 Å². The first-order valence-corrected chi connectivity index (χ1v) is 9.10. The molecule has 0 atom stereocenters. The lowest BCUT2D eigenvalue weighted by molar-refractivity contribution is -0.386. The number of pyridine rings is 1. The van der Waals surface area contributed by atoms with Crippen LogP contribution in [0.4, 0.5) is 11.5 Å². The Bertz CT molecular complexity index is 824. The Morgan fingerprint density at radius 2 is 2.00 bits per heavy atom. The Morgan fingerprint density at radius 1 is 1.26 bits per heavy atom. The molecular formula is C18H24N6O3. The van der Waals surface area contributed by atoms with Gasteiger partial charge in [-0.25, -0.2) is 4.98 Å². The fraction of sp³-hybridized carbons (Fsp3) is 0.500. The van der Waals surface area contributed by atoms with Gasteiger partial charge in [-0.1, -0.05) is 6.07 Å². The molecule has 0 spiro atoms. The summed E-state index contributed by atoms with van der Waals surface area (Å²) >= 11 is 0. The Labute approximate surface area is 157 Å². The molecule has 1 N–H and O–H groups in total. The van der Waals surface area contributed by atoms with E-state index < -0.39 is 4.92 Å². The summed E-state index contributed by atoms with van der Waals surface area (Å²) in [5.74, 6) is 0.718. The molecule has 0 unspecified atom stereocenters. The smallest absolute Gasteiger partial charge is 0.312 e. The van der Waals surface area contributed by atoms with Gasteiger partial charge < -0.3 is 10.2 Å². The van der Waals surface area contributed by atoms with E-state index in [0.29, 0.717) is 17.9 Å². The van der Waals surface area contributed by atoms with Gasteiger partial charge in [0, 0.05) is 25.8 Å². The molecule has 144 valence electrons. The Balaban J connectivity index is 1.55. The molecule has 0 saturated carbocycles. The van der Waals surface area contributed by atoms with Gasteiger partial charge >= 0.3 is 5.69 Å². The monoisotopic (exact) mass is 372 g/mol. The van der Waals surface area contributed by atoms with E-state index in [4.69, 9.17) is 0 Å². The minimum absolute atomic E-state index is 0.0414. The minimum Gasteiger partial charge on any atom is -0.357 e. The number of hydrogen-bond acceptors (Lipinski definition) is 6. The summed E-state index contributed by atoms with van der Waals surface area (Å²) in [5.41, 5.74) is 1.55. The van der Waals surface area contributed by atoms with Crippen LogP contribution in [0.25, 0.3) is 0 Å². The number of nitrogens with one attached hydrogen (secondary N) is 1. The van der Waals surface area contributed by atoms with Crippen molar-refractivity contribution in [1.29, 1.82) is 0 Å². The number of carbonyl (C=O) groups excluding carboxylic acids is 1. The van der Waals surface area contributed by atoms with E-state index in [1.807, 2.05) is 12.1 Å². The van der Waals surface area contributed by atoms with Crippen LogP contribution in [0.5, 0.6) is 0 Å². The molecule has 9 nitrogen and oxygen atoms in total. The fourth-order valence-electron chi connectivity index (χ4n) is 3.33. The van der Waals surface area contributed by atoms with Gasteiger partial charge in [-0.05, 0) is 44.7 Å². The van der Waals surface area contributed by atoms with Gasteiger partial charge in [-0.2, -0.15) is 5.10 Å². The highest BCUT2D eigenvalue weighted by molar-refractivity contribution is 5.75. The molecule has 1 fully saturated rings. The zero-order valence-electron chi connectivity index (χ0n) is 15.6. The Morgan fingerprint density at radius 3 is 2.59 bits per heavy atom. The zero-order valence-corrected chi connectivity index (χ0v) is 15.6. The van der Waals surface area contributed by atoms with Crippen molar-refractivity contribution < 1.29 is 9.72 Å². The summed E-state index contributed by atoms with van der Waals surface area (Å²) in [4.78, 5) is 29.5. The summed E-state index contributed by atoms with van der Waals surface area (Å²) < 4.78 is 1.36. The van der Waals surface area contributed by atoms with Crippen molar-refractivity contribution >= 4 is 17.4 Å². The first-order chi connectivity index (χ1) is 13.0. The van der Waals surface area contributed by atoms with E-state index in [2.05, 4.69) is 20.3 Å². The number of aromatic nitrogens is 3. The molecule has 3 heterocycles. The second-order valence-corrected chi connectivity index (χ2v) is 6.78. The number of carbonyl (C=O) groups is 1.